The number of carbonyl (C=O) groups is 3. The second kappa shape index (κ2) is 7.75. The highest BCUT2D eigenvalue weighted by molar-refractivity contribution is 6.18. The number of rotatable bonds is 6. The quantitative estimate of drug-likeness (QED) is 0.554. The third-order valence-corrected chi connectivity index (χ3v) is 4.67. The summed E-state index contributed by atoms with van der Waals surface area (Å²) in [5, 5.41) is 0. The van der Waals surface area contributed by atoms with Gasteiger partial charge in [0, 0.05) is 19.3 Å². The van der Waals surface area contributed by atoms with E-state index in [1.807, 2.05) is 6.92 Å². The first-order valence-electron chi connectivity index (χ1n) is 8.64. The van der Waals surface area contributed by atoms with Gasteiger partial charge in [0.05, 0.1) is 0 Å². The average molecular weight is 322 g/mol. The smallest absolute Gasteiger partial charge is 0.345 e. The fourth-order valence-corrected chi connectivity index (χ4v) is 3.41. The molecule has 128 valence electrons. The van der Waals surface area contributed by atoms with Gasteiger partial charge in [-0.2, -0.15) is 0 Å². The number of Topliss-reactive ketones (excluding diaryl/α,β-unsaturated/α-hetero) is 1. The van der Waals surface area contributed by atoms with Crippen LogP contribution in [0.25, 0.3) is 0 Å². The molecule has 0 spiro atoms. The minimum absolute atomic E-state index is 0.0593. The molecule has 0 aromatic rings. The van der Waals surface area contributed by atoms with Crippen molar-refractivity contribution in [2.45, 2.75) is 71.8 Å². The van der Waals surface area contributed by atoms with Gasteiger partial charge in [-0.15, -0.1) is 0 Å². The van der Waals surface area contributed by atoms with Gasteiger partial charge in [0.15, 0.2) is 5.78 Å². The molecule has 0 radical (unpaired) electrons. The first-order chi connectivity index (χ1) is 11.0. The summed E-state index contributed by atoms with van der Waals surface area (Å²) < 4.78 is 10.9. The third-order valence-electron chi connectivity index (χ3n) is 4.67. The first-order valence-corrected chi connectivity index (χ1v) is 8.64. The number of hydrogen-bond donors (Lipinski definition) is 0. The Morgan fingerprint density at radius 3 is 2.57 bits per heavy atom. The lowest BCUT2D eigenvalue weighted by Crippen LogP contribution is -2.35. The fraction of sp³-hybridized carbons (Fsp3) is 0.722. The van der Waals surface area contributed by atoms with Crippen molar-refractivity contribution in [1.82, 2.24) is 0 Å². The monoisotopic (exact) mass is 322 g/mol. The van der Waals surface area contributed by atoms with Gasteiger partial charge in [-0.3, -0.25) is 9.59 Å². The van der Waals surface area contributed by atoms with Gasteiger partial charge in [0.2, 0.25) is 0 Å². The summed E-state index contributed by atoms with van der Waals surface area (Å²) in [7, 11) is 0. The van der Waals surface area contributed by atoms with Crippen LogP contribution in [0.1, 0.15) is 65.7 Å². The average Bonchev–Trinajstić information content (AvgIpc) is 2.93. The summed E-state index contributed by atoms with van der Waals surface area (Å²) in [4.78, 5) is 36.2. The summed E-state index contributed by atoms with van der Waals surface area (Å²) >= 11 is 0. The zero-order valence-corrected chi connectivity index (χ0v) is 14.2. The van der Waals surface area contributed by atoms with Crippen molar-refractivity contribution < 1.29 is 23.9 Å². The molecule has 2 rings (SSSR count). The fourth-order valence-electron chi connectivity index (χ4n) is 3.41. The number of hydrogen-bond acceptors (Lipinski definition) is 5. The molecule has 1 aliphatic carbocycles. The van der Waals surface area contributed by atoms with E-state index in [1.54, 1.807) is 6.92 Å². The lowest BCUT2D eigenvalue weighted by atomic mass is 9.91. The molecular weight excluding hydrogens is 296 g/mol. The summed E-state index contributed by atoms with van der Waals surface area (Å²) in [6.45, 7) is 5.75. The summed E-state index contributed by atoms with van der Waals surface area (Å²) in [5.41, 5.74) is -0.0593. The highest BCUT2D eigenvalue weighted by atomic mass is 16.6. The lowest BCUT2D eigenvalue weighted by Gasteiger charge is -2.29. The highest BCUT2D eigenvalue weighted by Crippen LogP contribution is 2.38. The summed E-state index contributed by atoms with van der Waals surface area (Å²) in [5.74, 6) is -0.224. The zero-order chi connectivity index (χ0) is 17.0. The maximum Gasteiger partial charge on any atom is 0.345 e. The molecule has 3 atom stereocenters. The van der Waals surface area contributed by atoms with Crippen molar-refractivity contribution in [2.75, 3.05) is 0 Å². The van der Waals surface area contributed by atoms with Crippen molar-refractivity contribution >= 4 is 17.7 Å². The number of ketones is 1. The van der Waals surface area contributed by atoms with Gasteiger partial charge < -0.3 is 9.47 Å². The molecule has 2 aliphatic rings. The van der Waals surface area contributed by atoms with E-state index in [0.29, 0.717) is 18.8 Å². The van der Waals surface area contributed by atoms with E-state index >= 15 is 0 Å². The van der Waals surface area contributed by atoms with Gasteiger partial charge in [0.25, 0.3) is 0 Å². The van der Waals surface area contributed by atoms with Crippen LogP contribution in [0.4, 0.5) is 0 Å². The van der Waals surface area contributed by atoms with E-state index < -0.39 is 11.9 Å². The second-order valence-corrected chi connectivity index (χ2v) is 6.63. The van der Waals surface area contributed by atoms with Crippen LogP contribution in [0, 0.1) is 11.8 Å². The van der Waals surface area contributed by atoms with Crippen molar-refractivity contribution in [3.8, 4) is 0 Å². The normalized spacial score (nSPS) is 27.8. The number of ether oxygens (including phenoxy) is 2. The Balaban J connectivity index is 2.24. The van der Waals surface area contributed by atoms with E-state index in [9.17, 15) is 14.4 Å². The molecule has 0 N–H and O–H groups in total. The SMILES string of the molecule is CCCC(=O)C1=C(OC(=O)CC)CC(C2CCC(C)C2)OC1=O. The number of carbonyl (C=O) groups excluding carboxylic acids is 3. The maximum absolute atomic E-state index is 12.3. The Morgan fingerprint density at radius 2 is 2.00 bits per heavy atom. The molecule has 5 heteroatoms. The van der Waals surface area contributed by atoms with Crippen LogP contribution in [0.15, 0.2) is 11.3 Å². The first kappa shape index (κ1) is 17.7. The second-order valence-electron chi connectivity index (χ2n) is 6.63. The molecule has 0 saturated heterocycles. The molecule has 1 aliphatic heterocycles. The largest absolute Gasteiger partial charge is 0.458 e. The van der Waals surface area contributed by atoms with Crippen LogP contribution in [0.5, 0.6) is 0 Å². The molecule has 23 heavy (non-hydrogen) atoms. The topological polar surface area (TPSA) is 69.7 Å². The van der Waals surface area contributed by atoms with Crippen molar-refractivity contribution in [2.24, 2.45) is 11.8 Å². The van der Waals surface area contributed by atoms with Crippen LogP contribution < -0.4 is 0 Å². The van der Waals surface area contributed by atoms with Crippen LogP contribution in [-0.4, -0.2) is 23.8 Å². The number of esters is 2. The van der Waals surface area contributed by atoms with Gasteiger partial charge in [0.1, 0.15) is 17.4 Å². The van der Waals surface area contributed by atoms with Gasteiger partial charge in [-0.05, 0) is 31.1 Å². The van der Waals surface area contributed by atoms with Crippen LogP contribution in [0.2, 0.25) is 0 Å². The van der Waals surface area contributed by atoms with Crippen molar-refractivity contribution in [1.29, 1.82) is 0 Å². The van der Waals surface area contributed by atoms with E-state index in [0.717, 1.165) is 19.3 Å². The summed E-state index contributed by atoms with van der Waals surface area (Å²) in [6.07, 6.45) is 4.27. The predicted molar refractivity (Wildman–Crippen MR) is 84.3 cm³/mol. The predicted octanol–water partition coefficient (Wildman–Crippen LogP) is 3.31. The highest BCUT2D eigenvalue weighted by Gasteiger charge is 2.40. The van der Waals surface area contributed by atoms with Gasteiger partial charge in [-0.1, -0.05) is 27.2 Å². The minimum atomic E-state index is -0.627. The maximum atomic E-state index is 12.3. The van der Waals surface area contributed by atoms with E-state index in [-0.39, 0.29) is 42.0 Å². The molecule has 0 aromatic carbocycles. The molecule has 3 unspecified atom stereocenters. The lowest BCUT2D eigenvalue weighted by molar-refractivity contribution is -0.153. The van der Waals surface area contributed by atoms with E-state index in [4.69, 9.17) is 9.47 Å². The Morgan fingerprint density at radius 1 is 1.26 bits per heavy atom. The van der Waals surface area contributed by atoms with Gasteiger partial charge >= 0.3 is 11.9 Å². The molecule has 1 heterocycles. The van der Waals surface area contributed by atoms with E-state index in [2.05, 4.69) is 6.92 Å². The molecular formula is C18H26O5. The Hall–Kier alpha value is -1.65. The molecule has 1 fully saturated rings. The number of cyclic esters (lactones) is 1. The Labute approximate surface area is 137 Å². The zero-order valence-electron chi connectivity index (χ0n) is 14.2. The van der Waals surface area contributed by atoms with Crippen LogP contribution >= 0.6 is 0 Å². The van der Waals surface area contributed by atoms with E-state index in [1.165, 1.54) is 0 Å². The van der Waals surface area contributed by atoms with Crippen molar-refractivity contribution in [3.63, 3.8) is 0 Å². The van der Waals surface area contributed by atoms with Gasteiger partial charge in [-0.25, -0.2) is 4.79 Å². The molecule has 5 nitrogen and oxygen atoms in total. The molecule has 0 amide bonds. The van der Waals surface area contributed by atoms with Crippen LogP contribution in [0.3, 0.4) is 0 Å². The summed E-state index contributed by atoms with van der Waals surface area (Å²) in [6, 6.07) is 0. The van der Waals surface area contributed by atoms with Crippen LogP contribution in [-0.2, 0) is 23.9 Å². The molecule has 0 aromatic heterocycles. The standard InChI is InChI=1S/C18H26O5/c1-4-6-13(19)17-15(22-16(20)5-2)10-14(23-18(17)21)12-8-7-11(3)9-12/h11-12,14H,4-10H2,1-3H3. The Bertz CT molecular complexity index is 520. The Kier molecular flexibility index (Phi) is 5.97. The molecule has 0 bridgehead atoms. The third kappa shape index (κ3) is 4.21. The minimum Gasteiger partial charge on any atom is -0.458 e. The molecule has 1 saturated carbocycles. The van der Waals surface area contributed by atoms with Crippen molar-refractivity contribution in [3.05, 3.63) is 11.3 Å².